The summed E-state index contributed by atoms with van der Waals surface area (Å²) >= 11 is 0. The maximum absolute atomic E-state index is 3.63. The lowest BCUT2D eigenvalue weighted by Crippen LogP contribution is -2.40. The highest BCUT2D eigenvalue weighted by atomic mass is 14.9. The minimum Gasteiger partial charge on any atom is -0.314 e. The van der Waals surface area contributed by atoms with E-state index in [1.54, 1.807) is 0 Å². The van der Waals surface area contributed by atoms with Crippen molar-refractivity contribution in [1.29, 1.82) is 0 Å². The van der Waals surface area contributed by atoms with Crippen molar-refractivity contribution < 1.29 is 0 Å². The van der Waals surface area contributed by atoms with Gasteiger partial charge in [-0.2, -0.15) is 0 Å². The molecule has 0 aliphatic heterocycles. The first-order valence-electron chi connectivity index (χ1n) is 7.19. The smallest absolute Gasteiger partial charge is 0.0115 e. The summed E-state index contributed by atoms with van der Waals surface area (Å²) in [6.45, 7) is 15.0. The number of hydrogen-bond acceptors (Lipinski definition) is 1. The molecule has 0 heterocycles. The van der Waals surface area contributed by atoms with Gasteiger partial charge in [0.15, 0.2) is 0 Å². The van der Waals surface area contributed by atoms with Crippen molar-refractivity contribution in [3.8, 4) is 0 Å². The van der Waals surface area contributed by atoms with Crippen molar-refractivity contribution in [2.75, 3.05) is 6.54 Å². The lowest BCUT2D eigenvalue weighted by atomic mass is 9.82. The fraction of sp³-hybridized carbons (Fsp3) is 1.00. The monoisotopic (exact) mass is 227 g/mol. The van der Waals surface area contributed by atoms with Gasteiger partial charge in [-0.05, 0) is 24.3 Å². The van der Waals surface area contributed by atoms with Gasteiger partial charge in [-0.15, -0.1) is 0 Å². The molecule has 0 spiro atoms. The minimum absolute atomic E-state index is 0.393. The van der Waals surface area contributed by atoms with Crippen LogP contribution in [0.3, 0.4) is 0 Å². The summed E-state index contributed by atoms with van der Waals surface area (Å²) in [4.78, 5) is 0. The first kappa shape index (κ1) is 16.0. The molecule has 1 N–H and O–H groups in total. The molecule has 0 aliphatic rings. The average molecular weight is 227 g/mol. The molecule has 0 aliphatic carbocycles. The predicted molar refractivity (Wildman–Crippen MR) is 74.8 cm³/mol. The number of nitrogens with one attached hydrogen (secondary N) is 1. The van der Waals surface area contributed by atoms with Gasteiger partial charge in [0.1, 0.15) is 0 Å². The highest BCUT2D eigenvalue weighted by Gasteiger charge is 2.23. The van der Waals surface area contributed by atoms with Gasteiger partial charge in [0.25, 0.3) is 0 Å². The van der Waals surface area contributed by atoms with Crippen molar-refractivity contribution in [2.24, 2.45) is 11.3 Å². The highest BCUT2D eigenvalue weighted by molar-refractivity contribution is 4.80. The molecule has 1 heteroatoms. The van der Waals surface area contributed by atoms with Crippen LogP contribution in [-0.2, 0) is 0 Å². The van der Waals surface area contributed by atoms with Crippen LogP contribution < -0.4 is 5.32 Å². The maximum Gasteiger partial charge on any atom is 0.0115 e. The van der Waals surface area contributed by atoms with E-state index in [0.29, 0.717) is 11.5 Å². The van der Waals surface area contributed by atoms with Gasteiger partial charge < -0.3 is 5.32 Å². The Labute approximate surface area is 103 Å². The van der Waals surface area contributed by atoms with Gasteiger partial charge in [0.2, 0.25) is 0 Å². The fourth-order valence-corrected chi connectivity index (χ4v) is 2.40. The Kier molecular flexibility index (Phi) is 8.09. The van der Waals surface area contributed by atoms with Crippen LogP contribution in [0.1, 0.15) is 73.6 Å². The SMILES string of the molecule is CCNC(CCCC(CC)CC)C(C)(C)C. The summed E-state index contributed by atoms with van der Waals surface area (Å²) in [6.07, 6.45) is 6.80. The van der Waals surface area contributed by atoms with E-state index >= 15 is 0 Å². The maximum atomic E-state index is 3.63. The third-order valence-electron chi connectivity index (χ3n) is 3.76. The van der Waals surface area contributed by atoms with E-state index in [0.717, 1.165) is 12.5 Å². The van der Waals surface area contributed by atoms with E-state index in [1.807, 2.05) is 0 Å². The Morgan fingerprint density at radius 2 is 1.50 bits per heavy atom. The Morgan fingerprint density at radius 3 is 1.88 bits per heavy atom. The van der Waals surface area contributed by atoms with Gasteiger partial charge in [0, 0.05) is 6.04 Å². The van der Waals surface area contributed by atoms with Gasteiger partial charge in [-0.1, -0.05) is 67.2 Å². The predicted octanol–water partition coefficient (Wildman–Crippen LogP) is 4.62. The van der Waals surface area contributed by atoms with E-state index in [1.165, 1.54) is 32.1 Å². The minimum atomic E-state index is 0.393. The lowest BCUT2D eigenvalue weighted by Gasteiger charge is -2.32. The zero-order chi connectivity index (χ0) is 12.6. The van der Waals surface area contributed by atoms with E-state index in [-0.39, 0.29) is 0 Å². The molecule has 0 saturated heterocycles. The number of hydrogen-bond donors (Lipinski definition) is 1. The molecule has 0 fully saturated rings. The van der Waals surface area contributed by atoms with Crippen LogP contribution in [0.2, 0.25) is 0 Å². The highest BCUT2D eigenvalue weighted by Crippen LogP contribution is 2.25. The van der Waals surface area contributed by atoms with E-state index < -0.39 is 0 Å². The van der Waals surface area contributed by atoms with Crippen molar-refractivity contribution in [2.45, 2.75) is 79.7 Å². The van der Waals surface area contributed by atoms with Gasteiger partial charge in [0.05, 0.1) is 0 Å². The third-order valence-corrected chi connectivity index (χ3v) is 3.76. The molecule has 16 heavy (non-hydrogen) atoms. The molecule has 0 bridgehead atoms. The summed E-state index contributed by atoms with van der Waals surface area (Å²) in [5.41, 5.74) is 0.393. The van der Waals surface area contributed by atoms with Crippen molar-refractivity contribution in [3.05, 3.63) is 0 Å². The van der Waals surface area contributed by atoms with E-state index in [4.69, 9.17) is 0 Å². The Hall–Kier alpha value is -0.0400. The molecular weight excluding hydrogens is 194 g/mol. The normalized spacial score (nSPS) is 14.4. The average Bonchev–Trinajstić information content (AvgIpc) is 2.21. The molecule has 0 amide bonds. The quantitative estimate of drug-likeness (QED) is 0.638. The molecule has 0 aromatic rings. The van der Waals surface area contributed by atoms with Crippen molar-refractivity contribution >= 4 is 0 Å². The Bertz CT molecular complexity index is 153. The summed E-state index contributed by atoms with van der Waals surface area (Å²) in [5.74, 6) is 0.947. The van der Waals surface area contributed by atoms with E-state index in [2.05, 4.69) is 46.9 Å². The molecule has 0 aromatic carbocycles. The summed E-state index contributed by atoms with van der Waals surface area (Å²) < 4.78 is 0. The molecule has 1 nitrogen and oxygen atoms in total. The van der Waals surface area contributed by atoms with Gasteiger partial charge in [-0.3, -0.25) is 0 Å². The van der Waals surface area contributed by atoms with Crippen molar-refractivity contribution in [3.63, 3.8) is 0 Å². The van der Waals surface area contributed by atoms with Crippen LogP contribution in [-0.4, -0.2) is 12.6 Å². The largest absolute Gasteiger partial charge is 0.314 e. The van der Waals surface area contributed by atoms with Crippen LogP contribution in [0, 0.1) is 11.3 Å². The molecule has 1 atom stereocenters. The summed E-state index contributed by atoms with van der Waals surface area (Å²) in [6, 6.07) is 0.673. The molecule has 0 radical (unpaired) electrons. The van der Waals surface area contributed by atoms with Gasteiger partial charge in [-0.25, -0.2) is 0 Å². The van der Waals surface area contributed by atoms with Crippen LogP contribution in [0.25, 0.3) is 0 Å². The Morgan fingerprint density at radius 1 is 0.938 bits per heavy atom. The molecule has 0 aromatic heterocycles. The van der Waals surface area contributed by atoms with E-state index in [9.17, 15) is 0 Å². The second-order valence-corrected chi connectivity index (χ2v) is 6.09. The third kappa shape index (κ3) is 6.52. The molecule has 1 unspecified atom stereocenters. The summed E-state index contributed by atoms with van der Waals surface area (Å²) in [7, 11) is 0. The lowest BCUT2D eigenvalue weighted by molar-refractivity contribution is 0.247. The first-order valence-corrected chi connectivity index (χ1v) is 7.19. The van der Waals surface area contributed by atoms with Gasteiger partial charge >= 0.3 is 0 Å². The molecule has 98 valence electrons. The zero-order valence-electron chi connectivity index (χ0n) is 12.4. The van der Waals surface area contributed by atoms with Crippen LogP contribution >= 0.6 is 0 Å². The van der Waals surface area contributed by atoms with Crippen LogP contribution in [0.4, 0.5) is 0 Å². The topological polar surface area (TPSA) is 12.0 Å². The molecular formula is C15H33N. The Balaban J connectivity index is 3.93. The zero-order valence-corrected chi connectivity index (χ0v) is 12.4. The van der Waals surface area contributed by atoms with Crippen molar-refractivity contribution in [1.82, 2.24) is 5.32 Å². The first-order chi connectivity index (χ1) is 7.45. The molecule has 0 rings (SSSR count). The molecule has 0 saturated carbocycles. The summed E-state index contributed by atoms with van der Waals surface area (Å²) in [5, 5.41) is 3.63. The second-order valence-electron chi connectivity index (χ2n) is 6.09. The second kappa shape index (κ2) is 8.11. The van der Waals surface area contributed by atoms with Crippen LogP contribution in [0.5, 0.6) is 0 Å². The number of rotatable bonds is 8. The fourth-order valence-electron chi connectivity index (χ4n) is 2.40. The van der Waals surface area contributed by atoms with Crippen LogP contribution in [0.15, 0.2) is 0 Å². The standard InChI is InChI=1S/C15H33N/c1-7-13(8-2)11-10-12-14(16-9-3)15(4,5)6/h13-14,16H,7-12H2,1-6H3.